The molecule has 2 aromatic rings. The zero-order valence-corrected chi connectivity index (χ0v) is 13.3. The molecule has 0 aliphatic rings. The van der Waals surface area contributed by atoms with Crippen LogP contribution in [-0.2, 0) is 23.1 Å². The molecule has 7 heteroatoms. The summed E-state index contributed by atoms with van der Waals surface area (Å²) in [5.41, 5.74) is 1.96. The van der Waals surface area contributed by atoms with Crippen molar-refractivity contribution in [2.75, 3.05) is 19.4 Å². The first-order valence-corrected chi connectivity index (χ1v) is 8.14. The van der Waals surface area contributed by atoms with Crippen LogP contribution in [0.1, 0.15) is 12.6 Å². The van der Waals surface area contributed by atoms with Gasteiger partial charge in [-0.2, -0.15) is 0 Å². The zero-order valence-electron chi connectivity index (χ0n) is 12.4. The average Bonchev–Trinajstić information content (AvgIpc) is 2.92. The first kappa shape index (κ1) is 15.5. The third-order valence-electron chi connectivity index (χ3n) is 3.25. The van der Waals surface area contributed by atoms with Crippen LogP contribution >= 0.6 is 0 Å². The van der Waals surface area contributed by atoms with Crippen LogP contribution in [-0.4, -0.2) is 36.4 Å². The summed E-state index contributed by atoms with van der Waals surface area (Å²) in [7, 11) is -0.329. The maximum Gasteiger partial charge on any atom is 0.242 e. The standard InChI is InChI=1S/C14H20N4O2S/c1-4-18-11-15-9-13(18)10-16-12-5-7-14(8-6-12)21(19,20)17(2)3/h5-9,11,16H,4,10H2,1-3H3. The summed E-state index contributed by atoms with van der Waals surface area (Å²) in [4.78, 5) is 4.40. The lowest BCUT2D eigenvalue weighted by Crippen LogP contribution is -2.22. The zero-order chi connectivity index (χ0) is 15.5. The summed E-state index contributed by atoms with van der Waals surface area (Å²) >= 11 is 0. The minimum Gasteiger partial charge on any atom is -0.379 e. The minimum absolute atomic E-state index is 0.289. The maximum absolute atomic E-state index is 12.0. The molecule has 0 saturated heterocycles. The van der Waals surface area contributed by atoms with Gasteiger partial charge in [-0.15, -0.1) is 0 Å². The molecular weight excluding hydrogens is 288 g/mol. The summed E-state index contributed by atoms with van der Waals surface area (Å²) < 4.78 is 27.2. The number of nitrogens with one attached hydrogen (secondary N) is 1. The molecule has 6 nitrogen and oxygen atoms in total. The summed E-state index contributed by atoms with van der Waals surface area (Å²) in [6.45, 7) is 3.58. The molecule has 1 aromatic heterocycles. The number of rotatable bonds is 6. The van der Waals surface area contributed by atoms with Gasteiger partial charge in [-0.25, -0.2) is 17.7 Å². The summed E-state index contributed by atoms with van der Waals surface area (Å²) in [5, 5.41) is 3.26. The second-order valence-electron chi connectivity index (χ2n) is 4.84. The van der Waals surface area contributed by atoms with Gasteiger partial charge in [0.2, 0.25) is 10.0 Å². The molecular formula is C14H20N4O2S. The highest BCUT2D eigenvalue weighted by Gasteiger charge is 2.16. The van der Waals surface area contributed by atoms with Crippen LogP contribution in [0, 0.1) is 0 Å². The van der Waals surface area contributed by atoms with Gasteiger partial charge in [-0.05, 0) is 31.2 Å². The molecule has 1 heterocycles. The lowest BCUT2D eigenvalue weighted by atomic mass is 10.3. The number of imidazole rings is 1. The average molecular weight is 308 g/mol. The van der Waals surface area contributed by atoms with Crippen LogP contribution in [0.2, 0.25) is 0 Å². The number of benzene rings is 1. The van der Waals surface area contributed by atoms with Crippen molar-refractivity contribution in [2.24, 2.45) is 0 Å². The molecule has 0 fully saturated rings. The molecule has 1 N–H and O–H groups in total. The van der Waals surface area contributed by atoms with Crippen molar-refractivity contribution in [3.8, 4) is 0 Å². The third-order valence-corrected chi connectivity index (χ3v) is 5.08. The highest BCUT2D eigenvalue weighted by Crippen LogP contribution is 2.17. The Hall–Kier alpha value is -1.86. The van der Waals surface area contributed by atoms with E-state index in [0.717, 1.165) is 17.9 Å². The second kappa shape index (κ2) is 6.28. The van der Waals surface area contributed by atoms with E-state index in [9.17, 15) is 8.42 Å². The molecule has 2 rings (SSSR count). The van der Waals surface area contributed by atoms with Gasteiger partial charge in [0.15, 0.2) is 0 Å². The molecule has 0 radical (unpaired) electrons. The first-order chi connectivity index (χ1) is 9.95. The van der Waals surface area contributed by atoms with E-state index in [4.69, 9.17) is 0 Å². The van der Waals surface area contributed by atoms with Gasteiger partial charge in [0.25, 0.3) is 0 Å². The predicted molar refractivity (Wildman–Crippen MR) is 82.5 cm³/mol. The van der Waals surface area contributed by atoms with Crippen molar-refractivity contribution < 1.29 is 8.42 Å². The van der Waals surface area contributed by atoms with E-state index in [1.54, 1.807) is 30.6 Å². The Labute approximate surface area is 125 Å². The largest absolute Gasteiger partial charge is 0.379 e. The Morgan fingerprint density at radius 1 is 1.24 bits per heavy atom. The normalized spacial score (nSPS) is 11.8. The Bertz CT molecular complexity index is 690. The number of hydrogen-bond donors (Lipinski definition) is 1. The van der Waals surface area contributed by atoms with Gasteiger partial charge >= 0.3 is 0 Å². The Balaban J connectivity index is 2.07. The quantitative estimate of drug-likeness (QED) is 0.883. The van der Waals surface area contributed by atoms with E-state index in [-0.39, 0.29) is 4.90 Å². The minimum atomic E-state index is -3.37. The molecule has 0 aliphatic heterocycles. The van der Waals surface area contributed by atoms with Gasteiger partial charge in [0.1, 0.15) is 0 Å². The molecule has 1 aromatic carbocycles. The van der Waals surface area contributed by atoms with Gasteiger partial charge in [-0.3, -0.25) is 0 Å². The van der Waals surface area contributed by atoms with Crippen molar-refractivity contribution in [3.63, 3.8) is 0 Å². The van der Waals surface area contributed by atoms with Crippen molar-refractivity contribution in [1.29, 1.82) is 0 Å². The smallest absolute Gasteiger partial charge is 0.242 e. The molecule has 0 aliphatic carbocycles. The van der Waals surface area contributed by atoms with Gasteiger partial charge in [0, 0.05) is 32.5 Å². The van der Waals surface area contributed by atoms with Crippen LogP contribution in [0.3, 0.4) is 0 Å². The van der Waals surface area contributed by atoms with Crippen LogP contribution in [0.4, 0.5) is 5.69 Å². The van der Waals surface area contributed by atoms with Gasteiger partial charge in [-0.1, -0.05) is 0 Å². The summed E-state index contributed by atoms with van der Waals surface area (Å²) in [6, 6.07) is 6.75. The van der Waals surface area contributed by atoms with Crippen LogP contribution in [0.25, 0.3) is 0 Å². The maximum atomic E-state index is 12.0. The second-order valence-corrected chi connectivity index (χ2v) is 6.99. The van der Waals surface area contributed by atoms with Crippen LogP contribution in [0.15, 0.2) is 41.7 Å². The van der Waals surface area contributed by atoms with Crippen molar-refractivity contribution in [1.82, 2.24) is 13.9 Å². The van der Waals surface area contributed by atoms with E-state index in [1.165, 1.54) is 18.4 Å². The van der Waals surface area contributed by atoms with Gasteiger partial charge in [0.05, 0.1) is 23.5 Å². The van der Waals surface area contributed by atoms with E-state index < -0.39 is 10.0 Å². The van der Waals surface area contributed by atoms with Crippen molar-refractivity contribution in [2.45, 2.75) is 24.9 Å². The van der Waals surface area contributed by atoms with E-state index in [0.29, 0.717) is 6.54 Å². The number of hydrogen-bond acceptors (Lipinski definition) is 4. The number of aryl methyl sites for hydroxylation is 1. The highest BCUT2D eigenvalue weighted by atomic mass is 32.2. The van der Waals surface area contributed by atoms with E-state index in [1.807, 2.05) is 6.20 Å². The third kappa shape index (κ3) is 3.43. The molecule has 0 atom stereocenters. The monoisotopic (exact) mass is 308 g/mol. The highest BCUT2D eigenvalue weighted by molar-refractivity contribution is 7.89. The predicted octanol–water partition coefficient (Wildman–Crippen LogP) is 1.77. The number of aromatic nitrogens is 2. The van der Waals surface area contributed by atoms with Crippen molar-refractivity contribution in [3.05, 3.63) is 42.5 Å². The molecule has 0 saturated carbocycles. The lowest BCUT2D eigenvalue weighted by molar-refractivity contribution is 0.521. The Morgan fingerprint density at radius 2 is 1.90 bits per heavy atom. The van der Waals surface area contributed by atoms with Crippen LogP contribution < -0.4 is 5.32 Å². The lowest BCUT2D eigenvalue weighted by Gasteiger charge is -2.12. The molecule has 21 heavy (non-hydrogen) atoms. The van der Waals surface area contributed by atoms with E-state index >= 15 is 0 Å². The van der Waals surface area contributed by atoms with Crippen LogP contribution in [0.5, 0.6) is 0 Å². The molecule has 114 valence electrons. The number of nitrogens with zero attached hydrogens (tertiary/aromatic N) is 3. The number of sulfonamides is 1. The summed E-state index contributed by atoms with van der Waals surface area (Å²) in [5.74, 6) is 0. The van der Waals surface area contributed by atoms with E-state index in [2.05, 4.69) is 21.8 Å². The van der Waals surface area contributed by atoms with Gasteiger partial charge < -0.3 is 9.88 Å². The topological polar surface area (TPSA) is 67.2 Å². The molecule has 0 spiro atoms. The Kier molecular flexibility index (Phi) is 4.64. The molecule has 0 bridgehead atoms. The SMILES string of the molecule is CCn1cncc1CNc1ccc(S(=O)(=O)N(C)C)cc1. The summed E-state index contributed by atoms with van der Waals surface area (Å²) in [6.07, 6.45) is 3.62. The fourth-order valence-corrected chi connectivity index (χ4v) is 2.83. The fraction of sp³-hybridized carbons (Fsp3) is 0.357. The molecule has 0 unspecified atom stereocenters. The first-order valence-electron chi connectivity index (χ1n) is 6.70. The number of anilines is 1. The molecule has 0 amide bonds. The fourth-order valence-electron chi connectivity index (χ4n) is 1.93. The Morgan fingerprint density at radius 3 is 2.48 bits per heavy atom. The van der Waals surface area contributed by atoms with Crippen molar-refractivity contribution >= 4 is 15.7 Å².